The Kier molecular flexibility index (Phi) is 6.08. The molecule has 6 nitrogen and oxygen atoms in total. The number of carbonyl (C=O) groups is 2. The maximum Gasteiger partial charge on any atom is 0.265 e. The number of anilines is 2. The summed E-state index contributed by atoms with van der Waals surface area (Å²) >= 11 is 8.76. The first-order chi connectivity index (χ1) is 14.5. The van der Waals surface area contributed by atoms with Crippen LogP contribution in [0.1, 0.15) is 9.67 Å². The van der Waals surface area contributed by atoms with Gasteiger partial charge in [0.15, 0.2) is 5.16 Å². The van der Waals surface area contributed by atoms with Crippen molar-refractivity contribution in [3.63, 3.8) is 0 Å². The van der Waals surface area contributed by atoms with Gasteiger partial charge in [0, 0.05) is 23.4 Å². The summed E-state index contributed by atoms with van der Waals surface area (Å²) in [6.45, 7) is 0. The summed E-state index contributed by atoms with van der Waals surface area (Å²) in [5.41, 5.74) is 3.08. The molecule has 4 aromatic rings. The van der Waals surface area contributed by atoms with Crippen molar-refractivity contribution in [3.05, 3.63) is 69.9 Å². The van der Waals surface area contributed by atoms with Crippen molar-refractivity contribution >= 4 is 68.9 Å². The van der Waals surface area contributed by atoms with Crippen LogP contribution in [0.4, 0.5) is 11.4 Å². The van der Waals surface area contributed by atoms with Gasteiger partial charge in [0.05, 0.1) is 21.7 Å². The molecule has 0 saturated heterocycles. The van der Waals surface area contributed by atoms with E-state index >= 15 is 0 Å². The number of fused-ring (bicyclic) bond motifs is 1. The van der Waals surface area contributed by atoms with Crippen LogP contribution in [0.5, 0.6) is 0 Å². The Hall–Kier alpha value is -2.81. The molecule has 0 aliphatic rings. The zero-order valence-corrected chi connectivity index (χ0v) is 18.3. The maximum atomic E-state index is 12.3. The fourth-order valence-electron chi connectivity index (χ4n) is 2.84. The molecule has 0 fully saturated rings. The van der Waals surface area contributed by atoms with Gasteiger partial charge in [0.25, 0.3) is 5.91 Å². The van der Waals surface area contributed by atoms with Gasteiger partial charge in [0.1, 0.15) is 0 Å². The highest BCUT2D eigenvalue weighted by atomic mass is 35.5. The molecule has 0 saturated carbocycles. The molecule has 152 valence electrons. The number of carbonyl (C=O) groups excluding carboxylic acids is 2. The fraction of sp³-hybridized carbons (Fsp3) is 0.0952. The molecule has 0 aliphatic heterocycles. The molecule has 0 bridgehead atoms. The van der Waals surface area contributed by atoms with Gasteiger partial charge in [-0.15, -0.1) is 11.3 Å². The number of hydrogen-bond donors (Lipinski definition) is 2. The number of thioether (sulfide) groups is 1. The predicted octanol–water partition coefficient (Wildman–Crippen LogP) is 5.27. The van der Waals surface area contributed by atoms with E-state index in [1.165, 1.54) is 23.1 Å². The molecule has 9 heteroatoms. The average molecular weight is 457 g/mol. The molecule has 2 amide bonds. The number of imidazole rings is 1. The number of rotatable bonds is 6. The standard InChI is InChI=1S/C21H17ClN4O2S2/c1-26-17-9-4-13(22)11-16(17)25-21(26)30-12-19(27)23-14-5-7-15(8-6-14)24-20(28)18-3-2-10-29-18/h2-11H,12H2,1H3,(H,23,27)(H,24,28). The Morgan fingerprint density at radius 2 is 1.83 bits per heavy atom. The molecule has 30 heavy (non-hydrogen) atoms. The Bertz CT molecular complexity index is 1200. The summed E-state index contributed by atoms with van der Waals surface area (Å²) < 4.78 is 1.94. The van der Waals surface area contributed by atoms with E-state index < -0.39 is 0 Å². The van der Waals surface area contributed by atoms with E-state index in [1.54, 1.807) is 36.4 Å². The van der Waals surface area contributed by atoms with Gasteiger partial charge in [-0.05, 0) is 53.9 Å². The van der Waals surface area contributed by atoms with Crippen molar-refractivity contribution in [1.82, 2.24) is 9.55 Å². The minimum Gasteiger partial charge on any atom is -0.325 e. The Balaban J connectivity index is 1.33. The summed E-state index contributed by atoms with van der Waals surface area (Å²) in [6.07, 6.45) is 0. The van der Waals surface area contributed by atoms with Crippen LogP contribution in [0, 0.1) is 0 Å². The lowest BCUT2D eigenvalue weighted by atomic mass is 10.2. The number of aromatic nitrogens is 2. The third-order valence-electron chi connectivity index (χ3n) is 4.31. The highest BCUT2D eigenvalue weighted by Crippen LogP contribution is 2.25. The molecule has 0 unspecified atom stereocenters. The number of amides is 2. The molecule has 4 rings (SSSR count). The van der Waals surface area contributed by atoms with Gasteiger partial charge in [-0.3, -0.25) is 9.59 Å². The van der Waals surface area contributed by atoms with E-state index in [0.29, 0.717) is 21.3 Å². The van der Waals surface area contributed by atoms with E-state index in [2.05, 4.69) is 15.6 Å². The topological polar surface area (TPSA) is 76.0 Å². The van der Waals surface area contributed by atoms with Crippen LogP contribution in [-0.2, 0) is 11.8 Å². The summed E-state index contributed by atoms with van der Waals surface area (Å²) in [6, 6.07) is 16.2. The van der Waals surface area contributed by atoms with Gasteiger partial charge in [-0.25, -0.2) is 4.98 Å². The van der Waals surface area contributed by atoms with E-state index in [1.807, 2.05) is 35.2 Å². The van der Waals surface area contributed by atoms with Crippen molar-refractivity contribution < 1.29 is 9.59 Å². The van der Waals surface area contributed by atoms with Crippen molar-refractivity contribution in [3.8, 4) is 0 Å². The number of benzene rings is 2. The quantitative estimate of drug-likeness (QED) is 0.387. The van der Waals surface area contributed by atoms with Crippen LogP contribution in [0.15, 0.2) is 65.1 Å². The SMILES string of the molecule is Cn1c(SCC(=O)Nc2ccc(NC(=O)c3cccs3)cc2)nc2cc(Cl)ccc21. The Morgan fingerprint density at radius 1 is 1.10 bits per heavy atom. The molecular formula is C21H17ClN4O2S2. The first kappa shape index (κ1) is 20.5. The molecule has 2 heterocycles. The number of nitrogens with zero attached hydrogens (tertiary/aromatic N) is 2. The van der Waals surface area contributed by atoms with Crippen molar-refractivity contribution in [2.75, 3.05) is 16.4 Å². The molecule has 2 N–H and O–H groups in total. The predicted molar refractivity (Wildman–Crippen MR) is 124 cm³/mol. The lowest BCUT2D eigenvalue weighted by Gasteiger charge is -2.07. The minimum atomic E-state index is -0.151. The number of aryl methyl sites for hydroxylation is 1. The second kappa shape index (κ2) is 8.91. The van der Waals surface area contributed by atoms with Crippen LogP contribution >= 0.6 is 34.7 Å². The van der Waals surface area contributed by atoms with Crippen LogP contribution < -0.4 is 10.6 Å². The molecule has 0 atom stereocenters. The molecule has 2 aromatic heterocycles. The molecule has 0 spiro atoms. The van der Waals surface area contributed by atoms with Crippen LogP contribution in [0.25, 0.3) is 11.0 Å². The smallest absolute Gasteiger partial charge is 0.265 e. The molecule has 0 radical (unpaired) electrons. The molecule has 0 aliphatic carbocycles. The first-order valence-corrected chi connectivity index (χ1v) is 11.2. The lowest BCUT2D eigenvalue weighted by Crippen LogP contribution is -2.14. The van der Waals surface area contributed by atoms with Crippen LogP contribution in [0.3, 0.4) is 0 Å². The van der Waals surface area contributed by atoms with E-state index in [0.717, 1.165) is 16.2 Å². The minimum absolute atomic E-state index is 0.138. The first-order valence-electron chi connectivity index (χ1n) is 8.99. The molecular weight excluding hydrogens is 440 g/mol. The van der Waals surface area contributed by atoms with Crippen molar-refractivity contribution in [2.45, 2.75) is 5.16 Å². The summed E-state index contributed by atoms with van der Waals surface area (Å²) in [5, 5.41) is 8.91. The monoisotopic (exact) mass is 456 g/mol. The fourth-order valence-corrected chi connectivity index (χ4v) is 4.42. The third kappa shape index (κ3) is 4.67. The van der Waals surface area contributed by atoms with E-state index in [4.69, 9.17) is 11.6 Å². The van der Waals surface area contributed by atoms with Gasteiger partial charge >= 0.3 is 0 Å². The van der Waals surface area contributed by atoms with Crippen molar-refractivity contribution in [2.24, 2.45) is 7.05 Å². The number of thiophene rings is 1. The van der Waals surface area contributed by atoms with Crippen LogP contribution in [-0.4, -0.2) is 27.1 Å². The lowest BCUT2D eigenvalue weighted by molar-refractivity contribution is -0.113. The number of nitrogens with one attached hydrogen (secondary N) is 2. The zero-order chi connectivity index (χ0) is 21.1. The van der Waals surface area contributed by atoms with Crippen molar-refractivity contribution in [1.29, 1.82) is 0 Å². The van der Waals surface area contributed by atoms with Crippen LogP contribution in [0.2, 0.25) is 5.02 Å². The normalized spacial score (nSPS) is 10.9. The van der Waals surface area contributed by atoms with E-state index in [9.17, 15) is 9.59 Å². The number of halogens is 1. The highest BCUT2D eigenvalue weighted by molar-refractivity contribution is 7.99. The summed E-state index contributed by atoms with van der Waals surface area (Å²) in [5.74, 6) is -0.0655. The van der Waals surface area contributed by atoms with Gasteiger partial charge in [-0.2, -0.15) is 0 Å². The summed E-state index contributed by atoms with van der Waals surface area (Å²) in [7, 11) is 1.91. The Labute approximate surface area is 186 Å². The Morgan fingerprint density at radius 3 is 2.53 bits per heavy atom. The summed E-state index contributed by atoms with van der Waals surface area (Å²) in [4.78, 5) is 29.6. The second-order valence-electron chi connectivity index (χ2n) is 6.43. The van der Waals surface area contributed by atoms with Gasteiger partial charge < -0.3 is 15.2 Å². The highest BCUT2D eigenvalue weighted by Gasteiger charge is 2.12. The largest absolute Gasteiger partial charge is 0.325 e. The molecule has 2 aromatic carbocycles. The second-order valence-corrected chi connectivity index (χ2v) is 8.76. The van der Waals surface area contributed by atoms with Gasteiger partial charge in [-0.1, -0.05) is 29.4 Å². The number of hydrogen-bond acceptors (Lipinski definition) is 5. The van der Waals surface area contributed by atoms with E-state index in [-0.39, 0.29) is 17.6 Å². The zero-order valence-electron chi connectivity index (χ0n) is 15.9. The average Bonchev–Trinajstić information content (AvgIpc) is 3.36. The van der Waals surface area contributed by atoms with Gasteiger partial charge in [0.2, 0.25) is 5.91 Å². The third-order valence-corrected chi connectivity index (χ3v) is 6.44. The maximum absolute atomic E-state index is 12.3.